The van der Waals surface area contributed by atoms with Crippen molar-refractivity contribution in [3.8, 4) is 0 Å². The second kappa shape index (κ2) is 5.03. The van der Waals surface area contributed by atoms with Gasteiger partial charge >= 0.3 is 0 Å². The Morgan fingerprint density at radius 2 is 1.91 bits per heavy atom. The van der Waals surface area contributed by atoms with E-state index < -0.39 is 0 Å². The summed E-state index contributed by atoms with van der Waals surface area (Å²) in [4.78, 5) is 0. The van der Waals surface area contributed by atoms with E-state index in [0.717, 1.165) is 5.92 Å². The van der Waals surface area contributed by atoms with Crippen LogP contribution in [0, 0.1) is 5.92 Å². The third-order valence-corrected chi connectivity index (χ3v) is 3.30. The molecular formula is C10H19Cl. The number of alkyl halides is 1. The lowest BCUT2D eigenvalue weighted by Crippen LogP contribution is -2.17. The van der Waals surface area contributed by atoms with E-state index in [4.69, 9.17) is 11.6 Å². The fraction of sp³-hybridized carbons (Fsp3) is 1.00. The molecule has 0 aromatic heterocycles. The molecular weight excluding hydrogens is 156 g/mol. The van der Waals surface area contributed by atoms with Gasteiger partial charge in [-0.2, -0.15) is 0 Å². The van der Waals surface area contributed by atoms with Gasteiger partial charge in [-0.25, -0.2) is 0 Å². The molecule has 0 radical (unpaired) electrons. The van der Waals surface area contributed by atoms with Crippen molar-refractivity contribution in [3.63, 3.8) is 0 Å². The van der Waals surface area contributed by atoms with Gasteiger partial charge in [0.15, 0.2) is 0 Å². The summed E-state index contributed by atoms with van der Waals surface area (Å²) in [5, 5.41) is 0.473. The summed E-state index contributed by atoms with van der Waals surface area (Å²) in [7, 11) is 0. The number of hydrogen-bond acceptors (Lipinski definition) is 0. The quantitative estimate of drug-likeness (QED) is 0.568. The summed E-state index contributed by atoms with van der Waals surface area (Å²) < 4.78 is 0. The fourth-order valence-electron chi connectivity index (χ4n) is 2.01. The van der Waals surface area contributed by atoms with Gasteiger partial charge in [-0.1, -0.05) is 32.6 Å². The van der Waals surface area contributed by atoms with Crippen LogP contribution in [-0.2, 0) is 0 Å². The van der Waals surface area contributed by atoms with Gasteiger partial charge in [-0.15, -0.1) is 11.6 Å². The van der Waals surface area contributed by atoms with Gasteiger partial charge in [-0.3, -0.25) is 0 Å². The highest BCUT2D eigenvalue weighted by molar-refractivity contribution is 6.20. The van der Waals surface area contributed by atoms with Crippen molar-refractivity contribution in [1.82, 2.24) is 0 Å². The molecule has 0 aromatic carbocycles. The summed E-state index contributed by atoms with van der Waals surface area (Å²) in [6.07, 6.45) is 9.49. The third-order valence-electron chi connectivity index (χ3n) is 2.73. The number of hydrogen-bond donors (Lipinski definition) is 0. The van der Waals surface area contributed by atoms with E-state index in [0.29, 0.717) is 5.38 Å². The molecule has 1 unspecified atom stereocenters. The lowest BCUT2D eigenvalue weighted by Gasteiger charge is -2.25. The van der Waals surface area contributed by atoms with E-state index in [2.05, 4.69) is 6.92 Å². The molecule has 11 heavy (non-hydrogen) atoms. The molecule has 0 heterocycles. The van der Waals surface area contributed by atoms with Crippen molar-refractivity contribution in [2.24, 2.45) is 5.92 Å². The first-order valence-corrected chi connectivity index (χ1v) is 5.42. The highest BCUT2D eigenvalue weighted by Gasteiger charge is 2.20. The third kappa shape index (κ3) is 3.02. The van der Waals surface area contributed by atoms with Crippen molar-refractivity contribution in [1.29, 1.82) is 0 Å². The van der Waals surface area contributed by atoms with Crippen LogP contribution >= 0.6 is 11.6 Å². The predicted molar refractivity (Wildman–Crippen MR) is 51.1 cm³/mol. The molecule has 0 aliphatic heterocycles. The largest absolute Gasteiger partial charge is 0.123 e. The van der Waals surface area contributed by atoms with Gasteiger partial charge < -0.3 is 0 Å². The standard InChI is InChI=1S/C10H19Cl/c1-2-6-10(11)9-7-4-3-5-8-9/h9-10H,2-8H2,1H3. The van der Waals surface area contributed by atoms with Gasteiger partial charge in [-0.05, 0) is 25.2 Å². The van der Waals surface area contributed by atoms with Crippen LogP contribution in [0.2, 0.25) is 0 Å². The van der Waals surface area contributed by atoms with Crippen LogP contribution in [0.15, 0.2) is 0 Å². The Balaban J connectivity index is 2.21. The molecule has 66 valence electrons. The van der Waals surface area contributed by atoms with E-state index in [1.54, 1.807) is 0 Å². The van der Waals surface area contributed by atoms with Crippen molar-refractivity contribution >= 4 is 11.6 Å². The second-order valence-electron chi connectivity index (χ2n) is 3.70. The minimum atomic E-state index is 0.473. The lowest BCUT2D eigenvalue weighted by atomic mass is 9.85. The smallest absolute Gasteiger partial charge is 0.0364 e. The molecule has 0 bridgehead atoms. The van der Waals surface area contributed by atoms with Gasteiger partial charge in [0.1, 0.15) is 0 Å². The highest BCUT2D eigenvalue weighted by Crippen LogP contribution is 2.31. The Morgan fingerprint density at radius 3 is 2.45 bits per heavy atom. The summed E-state index contributed by atoms with van der Waals surface area (Å²) >= 11 is 6.26. The molecule has 1 fully saturated rings. The molecule has 1 aliphatic carbocycles. The zero-order valence-corrected chi connectivity index (χ0v) is 8.24. The van der Waals surface area contributed by atoms with Crippen LogP contribution in [0.25, 0.3) is 0 Å². The van der Waals surface area contributed by atoms with Gasteiger partial charge in [0, 0.05) is 5.38 Å². The van der Waals surface area contributed by atoms with Crippen LogP contribution in [-0.4, -0.2) is 5.38 Å². The van der Waals surface area contributed by atoms with E-state index in [1.165, 1.54) is 44.9 Å². The van der Waals surface area contributed by atoms with Gasteiger partial charge in [0.2, 0.25) is 0 Å². The molecule has 0 N–H and O–H groups in total. The molecule has 0 aromatic rings. The van der Waals surface area contributed by atoms with Crippen LogP contribution in [0.3, 0.4) is 0 Å². The second-order valence-corrected chi connectivity index (χ2v) is 4.26. The number of halogens is 1. The monoisotopic (exact) mass is 174 g/mol. The first-order valence-electron chi connectivity index (χ1n) is 4.98. The first kappa shape index (κ1) is 9.38. The normalized spacial score (nSPS) is 23.5. The SMILES string of the molecule is CCCC(Cl)C1CCCCC1. The molecule has 1 heteroatoms. The molecule has 1 rings (SSSR count). The zero-order valence-electron chi connectivity index (χ0n) is 7.48. The molecule has 0 saturated heterocycles. The Morgan fingerprint density at radius 1 is 1.27 bits per heavy atom. The van der Waals surface area contributed by atoms with Crippen molar-refractivity contribution in [3.05, 3.63) is 0 Å². The summed E-state index contributed by atoms with van der Waals surface area (Å²) in [6, 6.07) is 0. The minimum absolute atomic E-state index is 0.473. The van der Waals surface area contributed by atoms with E-state index in [-0.39, 0.29) is 0 Å². The van der Waals surface area contributed by atoms with Crippen LogP contribution in [0.4, 0.5) is 0 Å². The summed E-state index contributed by atoms with van der Waals surface area (Å²) in [6.45, 7) is 2.22. The van der Waals surface area contributed by atoms with Crippen molar-refractivity contribution < 1.29 is 0 Å². The molecule has 1 saturated carbocycles. The molecule has 0 amide bonds. The molecule has 0 spiro atoms. The molecule has 1 aliphatic rings. The predicted octanol–water partition coefficient (Wildman–Crippen LogP) is 3.97. The number of rotatable bonds is 3. The van der Waals surface area contributed by atoms with Crippen LogP contribution in [0.5, 0.6) is 0 Å². The average molecular weight is 175 g/mol. The first-order chi connectivity index (χ1) is 5.34. The Labute approximate surface area is 75.3 Å². The molecule has 1 atom stereocenters. The van der Waals surface area contributed by atoms with Crippen molar-refractivity contribution in [2.45, 2.75) is 57.2 Å². The summed E-state index contributed by atoms with van der Waals surface area (Å²) in [5.74, 6) is 0.838. The fourth-order valence-corrected chi connectivity index (χ4v) is 2.48. The minimum Gasteiger partial charge on any atom is -0.123 e. The summed E-state index contributed by atoms with van der Waals surface area (Å²) in [5.41, 5.74) is 0. The maximum Gasteiger partial charge on any atom is 0.0364 e. The van der Waals surface area contributed by atoms with Gasteiger partial charge in [0.25, 0.3) is 0 Å². The van der Waals surface area contributed by atoms with E-state index in [1.807, 2.05) is 0 Å². The van der Waals surface area contributed by atoms with Crippen LogP contribution in [0.1, 0.15) is 51.9 Å². The zero-order chi connectivity index (χ0) is 8.10. The maximum atomic E-state index is 6.26. The Bertz CT molecular complexity index is 95.0. The van der Waals surface area contributed by atoms with Gasteiger partial charge in [0.05, 0.1) is 0 Å². The molecule has 0 nitrogen and oxygen atoms in total. The van der Waals surface area contributed by atoms with Crippen molar-refractivity contribution in [2.75, 3.05) is 0 Å². The lowest BCUT2D eigenvalue weighted by molar-refractivity contribution is 0.336. The Kier molecular flexibility index (Phi) is 4.29. The van der Waals surface area contributed by atoms with Crippen LogP contribution < -0.4 is 0 Å². The Hall–Kier alpha value is 0.290. The highest BCUT2D eigenvalue weighted by atomic mass is 35.5. The topological polar surface area (TPSA) is 0 Å². The van der Waals surface area contributed by atoms with E-state index in [9.17, 15) is 0 Å². The average Bonchev–Trinajstić information content (AvgIpc) is 2.07. The van der Waals surface area contributed by atoms with E-state index >= 15 is 0 Å². The maximum absolute atomic E-state index is 6.26.